The largest absolute Gasteiger partial charge is 0.400 e. The Balaban J connectivity index is 2.61. The molecule has 1 aliphatic carbocycles. The average Bonchev–Trinajstić information content (AvgIpc) is 2.38. The van der Waals surface area contributed by atoms with E-state index in [1.807, 2.05) is 33.8 Å². The molecule has 0 saturated carbocycles. The quantitative estimate of drug-likeness (QED) is 0.582. The van der Waals surface area contributed by atoms with Gasteiger partial charge in [0.2, 0.25) is 0 Å². The van der Waals surface area contributed by atoms with Crippen LogP contribution in [0.25, 0.3) is 5.57 Å². The highest BCUT2D eigenvalue weighted by molar-refractivity contribution is 5.78. The highest BCUT2D eigenvalue weighted by Gasteiger charge is 2.37. The third-order valence-corrected chi connectivity index (χ3v) is 4.29. The predicted octanol–water partition coefficient (Wildman–Crippen LogP) is 1.56. The summed E-state index contributed by atoms with van der Waals surface area (Å²) in [5.41, 5.74) is 30.6. The highest BCUT2D eigenvalue weighted by Crippen LogP contribution is 2.34. The molecule has 4 nitrogen and oxygen atoms in total. The Labute approximate surface area is 120 Å². The molecular formula is C16H24N4. The first-order valence-electron chi connectivity index (χ1n) is 6.76. The van der Waals surface area contributed by atoms with E-state index < -0.39 is 5.54 Å². The standard InChI is InChI=1S/C16H24N4/c1-8-5-11(6-9(2)13(8)17)12-7-10(3)14(18)16(4,20)15(12)19/h5-7,15H,17-20H2,1-4H3. The lowest BCUT2D eigenvalue weighted by atomic mass is 9.76. The summed E-state index contributed by atoms with van der Waals surface area (Å²) in [5.74, 6) is 0. The van der Waals surface area contributed by atoms with Crippen LogP contribution in [0, 0.1) is 13.8 Å². The molecule has 0 aromatic heterocycles. The molecular weight excluding hydrogens is 248 g/mol. The monoisotopic (exact) mass is 272 g/mol. The Hall–Kier alpha value is -1.78. The number of aryl methyl sites for hydroxylation is 2. The first-order chi connectivity index (χ1) is 9.16. The van der Waals surface area contributed by atoms with Gasteiger partial charge < -0.3 is 22.9 Å². The van der Waals surface area contributed by atoms with Crippen molar-refractivity contribution in [1.29, 1.82) is 0 Å². The van der Waals surface area contributed by atoms with E-state index in [2.05, 4.69) is 12.1 Å². The van der Waals surface area contributed by atoms with E-state index >= 15 is 0 Å². The molecule has 2 unspecified atom stereocenters. The predicted molar refractivity (Wildman–Crippen MR) is 85.8 cm³/mol. The first-order valence-corrected chi connectivity index (χ1v) is 6.76. The van der Waals surface area contributed by atoms with Gasteiger partial charge in [-0.2, -0.15) is 0 Å². The summed E-state index contributed by atoms with van der Waals surface area (Å²) in [6.45, 7) is 7.84. The molecule has 2 rings (SSSR count). The summed E-state index contributed by atoms with van der Waals surface area (Å²) in [4.78, 5) is 0. The SMILES string of the molecule is CC1=C(N)C(C)(N)C(N)C(c2cc(C)c(N)c(C)c2)=C1. The van der Waals surface area contributed by atoms with Crippen molar-refractivity contribution in [3.05, 3.63) is 46.2 Å². The van der Waals surface area contributed by atoms with Gasteiger partial charge in [-0.15, -0.1) is 0 Å². The molecule has 4 heteroatoms. The molecule has 0 fully saturated rings. The van der Waals surface area contributed by atoms with Gasteiger partial charge in [0.05, 0.1) is 11.6 Å². The molecule has 0 heterocycles. The average molecular weight is 272 g/mol. The van der Waals surface area contributed by atoms with Crippen LogP contribution in [-0.4, -0.2) is 11.6 Å². The minimum absolute atomic E-state index is 0.339. The number of allylic oxidation sites excluding steroid dienone is 2. The van der Waals surface area contributed by atoms with Crippen LogP contribution in [0.2, 0.25) is 0 Å². The van der Waals surface area contributed by atoms with Gasteiger partial charge in [-0.05, 0) is 67.7 Å². The van der Waals surface area contributed by atoms with Crippen molar-refractivity contribution < 1.29 is 0 Å². The van der Waals surface area contributed by atoms with Crippen molar-refractivity contribution >= 4 is 11.3 Å². The van der Waals surface area contributed by atoms with E-state index in [1.165, 1.54) is 0 Å². The summed E-state index contributed by atoms with van der Waals surface area (Å²) in [6, 6.07) is 3.77. The van der Waals surface area contributed by atoms with Gasteiger partial charge in [0.15, 0.2) is 0 Å². The normalized spacial score (nSPS) is 26.7. The molecule has 1 aromatic rings. The Morgan fingerprint density at radius 1 is 1.05 bits per heavy atom. The van der Waals surface area contributed by atoms with E-state index in [1.54, 1.807) is 0 Å². The second-order valence-corrected chi connectivity index (χ2v) is 5.98. The fourth-order valence-corrected chi connectivity index (χ4v) is 2.72. The lowest BCUT2D eigenvalue weighted by Gasteiger charge is -2.38. The molecule has 0 radical (unpaired) electrons. The highest BCUT2D eigenvalue weighted by atomic mass is 14.9. The van der Waals surface area contributed by atoms with Gasteiger partial charge in [0, 0.05) is 11.4 Å². The van der Waals surface area contributed by atoms with Crippen LogP contribution in [0.4, 0.5) is 5.69 Å². The smallest absolute Gasteiger partial charge is 0.0725 e. The summed E-state index contributed by atoms with van der Waals surface area (Å²) in [7, 11) is 0. The van der Waals surface area contributed by atoms with Gasteiger partial charge in [0.25, 0.3) is 0 Å². The molecule has 2 atom stereocenters. The number of anilines is 1. The van der Waals surface area contributed by atoms with Gasteiger partial charge >= 0.3 is 0 Å². The van der Waals surface area contributed by atoms with Gasteiger partial charge in [-0.3, -0.25) is 0 Å². The van der Waals surface area contributed by atoms with E-state index in [-0.39, 0.29) is 6.04 Å². The number of rotatable bonds is 1. The molecule has 0 saturated heterocycles. The maximum absolute atomic E-state index is 6.34. The van der Waals surface area contributed by atoms with Crippen molar-refractivity contribution in [1.82, 2.24) is 0 Å². The van der Waals surface area contributed by atoms with E-state index in [0.29, 0.717) is 5.70 Å². The zero-order chi connectivity index (χ0) is 15.2. The molecule has 20 heavy (non-hydrogen) atoms. The summed E-state index contributed by atoms with van der Waals surface area (Å²) >= 11 is 0. The molecule has 0 amide bonds. The number of nitrogen functional groups attached to an aromatic ring is 1. The number of benzene rings is 1. The van der Waals surface area contributed by atoms with Crippen LogP contribution in [0.1, 0.15) is 30.5 Å². The van der Waals surface area contributed by atoms with Crippen LogP contribution >= 0.6 is 0 Å². The maximum Gasteiger partial charge on any atom is 0.0725 e. The van der Waals surface area contributed by atoms with E-state index in [0.717, 1.165) is 33.5 Å². The zero-order valence-corrected chi connectivity index (χ0v) is 12.6. The second kappa shape index (κ2) is 4.65. The van der Waals surface area contributed by atoms with Crippen LogP contribution < -0.4 is 22.9 Å². The molecule has 0 aliphatic heterocycles. The van der Waals surface area contributed by atoms with Crippen LogP contribution in [0.5, 0.6) is 0 Å². The summed E-state index contributed by atoms with van der Waals surface area (Å²) < 4.78 is 0. The van der Waals surface area contributed by atoms with Gasteiger partial charge in [-0.25, -0.2) is 0 Å². The van der Waals surface area contributed by atoms with Crippen molar-refractivity contribution in [3.63, 3.8) is 0 Å². The van der Waals surface area contributed by atoms with Gasteiger partial charge in [-0.1, -0.05) is 6.08 Å². The van der Waals surface area contributed by atoms with E-state index in [9.17, 15) is 0 Å². The molecule has 8 N–H and O–H groups in total. The van der Waals surface area contributed by atoms with Crippen molar-refractivity contribution in [2.24, 2.45) is 17.2 Å². The number of nitrogens with two attached hydrogens (primary N) is 4. The lowest BCUT2D eigenvalue weighted by molar-refractivity contribution is 0.485. The Morgan fingerprint density at radius 2 is 1.55 bits per heavy atom. The van der Waals surface area contributed by atoms with Gasteiger partial charge in [0.1, 0.15) is 0 Å². The third-order valence-electron chi connectivity index (χ3n) is 4.29. The molecule has 1 aromatic carbocycles. The second-order valence-electron chi connectivity index (χ2n) is 5.98. The van der Waals surface area contributed by atoms with Crippen LogP contribution in [0.15, 0.2) is 29.5 Å². The van der Waals surface area contributed by atoms with Crippen LogP contribution in [-0.2, 0) is 0 Å². The molecule has 108 valence electrons. The maximum atomic E-state index is 6.34. The van der Waals surface area contributed by atoms with Crippen LogP contribution in [0.3, 0.4) is 0 Å². The first kappa shape index (κ1) is 14.6. The summed E-state index contributed by atoms with van der Waals surface area (Å²) in [6.07, 6.45) is 2.03. The molecule has 0 bridgehead atoms. The fraction of sp³-hybridized carbons (Fsp3) is 0.375. The molecule has 1 aliphatic rings. The zero-order valence-electron chi connectivity index (χ0n) is 12.6. The fourth-order valence-electron chi connectivity index (χ4n) is 2.72. The summed E-state index contributed by atoms with van der Waals surface area (Å²) in [5, 5.41) is 0. The minimum atomic E-state index is -0.739. The third kappa shape index (κ3) is 2.11. The Bertz CT molecular complexity index is 600. The Morgan fingerprint density at radius 3 is 2.05 bits per heavy atom. The molecule has 0 spiro atoms. The van der Waals surface area contributed by atoms with Crippen molar-refractivity contribution in [3.8, 4) is 0 Å². The number of hydrogen-bond acceptors (Lipinski definition) is 4. The Kier molecular flexibility index (Phi) is 3.40. The lowest BCUT2D eigenvalue weighted by Crippen LogP contribution is -2.58. The van der Waals surface area contributed by atoms with E-state index in [4.69, 9.17) is 22.9 Å². The minimum Gasteiger partial charge on any atom is -0.400 e. The van der Waals surface area contributed by atoms with Crippen molar-refractivity contribution in [2.75, 3.05) is 5.73 Å². The number of hydrogen-bond donors (Lipinski definition) is 4. The topological polar surface area (TPSA) is 104 Å². The van der Waals surface area contributed by atoms with Crippen molar-refractivity contribution in [2.45, 2.75) is 39.3 Å².